The predicted molar refractivity (Wildman–Crippen MR) is 30.1 cm³/mol. The molecule has 2 heteroatoms. The number of thiocarbonyl (C=S) groups is 1. The first-order valence-electron chi connectivity index (χ1n) is 1.99. The third kappa shape index (κ3) is 41.0. The van der Waals surface area contributed by atoms with Crippen molar-refractivity contribution >= 4 is 17.8 Å². The Morgan fingerprint density at radius 2 is 1.50 bits per heavy atom. The molecule has 0 aliphatic heterocycles. The van der Waals surface area contributed by atoms with E-state index in [1.54, 1.807) is 0 Å². The zero-order valence-corrected chi connectivity index (χ0v) is 4.37. The van der Waals surface area contributed by atoms with Crippen molar-refractivity contribution in [1.29, 1.82) is 0 Å². The smallest absolute Gasteiger partial charge is 0.142 e. The highest BCUT2D eigenvalue weighted by atomic mass is 32.1. The van der Waals surface area contributed by atoms with E-state index in [9.17, 15) is 0 Å². The average molecular weight is 104 g/mol. The lowest BCUT2D eigenvalue weighted by atomic mass is 11.0. The van der Waals surface area contributed by atoms with Gasteiger partial charge < -0.3 is 5.11 Å². The standard InChI is InChI=1S/C3H6.CH2OS/c1-2-3-1;2-1-3/h1-3H2;1H,(H,2,3). The molecule has 0 atom stereocenters. The van der Waals surface area contributed by atoms with Crippen LogP contribution in [0.2, 0.25) is 0 Å². The summed E-state index contributed by atoms with van der Waals surface area (Å²) in [4.78, 5) is 0. The lowest BCUT2D eigenvalue weighted by Gasteiger charge is -1.38. The van der Waals surface area contributed by atoms with Gasteiger partial charge in [-0.15, -0.1) is 0 Å². The Morgan fingerprint density at radius 1 is 1.33 bits per heavy atom. The largest absolute Gasteiger partial charge is 0.504 e. The van der Waals surface area contributed by atoms with E-state index in [1.165, 1.54) is 19.3 Å². The molecule has 1 nitrogen and oxygen atoms in total. The fourth-order valence-electron chi connectivity index (χ4n) is 0. The van der Waals surface area contributed by atoms with Crippen molar-refractivity contribution in [2.75, 3.05) is 0 Å². The van der Waals surface area contributed by atoms with Crippen LogP contribution in [0.1, 0.15) is 19.3 Å². The van der Waals surface area contributed by atoms with Crippen LogP contribution in [0, 0.1) is 0 Å². The van der Waals surface area contributed by atoms with Gasteiger partial charge >= 0.3 is 0 Å². The lowest BCUT2D eigenvalue weighted by molar-refractivity contribution is 0.594. The van der Waals surface area contributed by atoms with Crippen molar-refractivity contribution < 1.29 is 5.11 Å². The molecule has 1 aliphatic rings. The maximum absolute atomic E-state index is 7.26. The summed E-state index contributed by atoms with van der Waals surface area (Å²) in [7, 11) is 0. The first-order chi connectivity index (χ1) is 2.91. The van der Waals surface area contributed by atoms with Crippen molar-refractivity contribution in [3.63, 3.8) is 0 Å². The average Bonchev–Trinajstić information content (AvgIpc) is 2.11. The molecule has 0 saturated heterocycles. The fraction of sp³-hybridized carbons (Fsp3) is 0.750. The van der Waals surface area contributed by atoms with E-state index in [2.05, 4.69) is 12.2 Å². The summed E-state index contributed by atoms with van der Waals surface area (Å²) in [5.41, 5.74) is 0.583. The molecule has 0 heterocycles. The predicted octanol–water partition coefficient (Wildman–Crippen LogP) is 1.67. The highest BCUT2D eigenvalue weighted by Gasteiger charge is 1.95. The molecule has 0 unspecified atom stereocenters. The second kappa shape index (κ2) is 4.89. The van der Waals surface area contributed by atoms with Gasteiger partial charge in [0.05, 0.1) is 0 Å². The van der Waals surface area contributed by atoms with Gasteiger partial charge in [-0.05, 0) is 12.2 Å². The Morgan fingerprint density at radius 3 is 1.50 bits per heavy atom. The van der Waals surface area contributed by atoms with E-state index in [-0.39, 0.29) is 0 Å². The third-order valence-electron chi connectivity index (χ3n) is 0.354. The Labute approximate surface area is 43.0 Å². The van der Waals surface area contributed by atoms with Crippen molar-refractivity contribution in [3.8, 4) is 0 Å². The molecular formula is C4H8OS. The van der Waals surface area contributed by atoms with Crippen molar-refractivity contribution in [3.05, 3.63) is 0 Å². The summed E-state index contributed by atoms with van der Waals surface area (Å²) in [6.45, 7) is 0. The highest BCUT2D eigenvalue weighted by molar-refractivity contribution is 7.78. The summed E-state index contributed by atoms with van der Waals surface area (Å²) in [6.07, 6.45) is 4.50. The van der Waals surface area contributed by atoms with Gasteiger partial charge in [-0.1, -0.05) is 19.3 Å². The SMILES string of the molecule is C1CC1.OC=S. The summed E-state index contributed by atoms with van der Waals surface area (Å²) in [6, 6.07) is 0. The zero-order chi connectivity index (χ0) is 4.83. The Bertz CT molecular complexity index is 31.8. The Kier molecular flexibility index (Phi) is 4.80. The number of hydrogen-bond acceptors (Lipinski definition) is 1. The second-order valence-electron chi connectivity index (χ2n) is 1.17. The summed E-state index contributed by atoms with van der Waals surface area (Å²) < 4.78 is 0. The molecule has 1 N–H and O–H groups in total. The number of rotatable bonds is 0. The van der Waals surface area contributed by atoms with Crippen LogP contribution in [0.4, 0.5) is 0 Å². The molecule has 1 fully saturated rings. The zero-order valence-electron chi connectivity index (χ0n) is 3.55. The van der Waals surface area contributed by atoms with Crippen LogP contribution in [0.5, 0.6) is 0 Å². The monoisotopic (exact) mass is 104 g/mol. The first kappa shape index (κ1) is 5.89. The second-order valence-corrected chi connectivity index (χ2v) is 1.38. The number of hydrogen-bond donors (Lipinski definition) is 1. The van der Waals surface area contributed by atoms with Gasteiger partial charge in [0, 0.05) is 0 Å². The van der Waals surface area contributed by atoms with Gasteiger partial charge in [-0.3, -0.25) is 0 Å². The lowest BCUT2D eigenvalue weighted by Crippen LogP contribution is -1.41. The van der Waals surface area contributed by atoms with Crippen molar-refractivity contribution in [2.24, 2.45) is 0 Å². The van der Waals surface area contributed by atoms with E-state index < -0.39 is 0 Å². The first-order valence-corrected chi connectivity index (χ1v) is 2.47. The highest BCUT2D eigenvalue weighted by Crippen LogP contribution is 2.14. The molecule has 6 heavy (non-hydrogen) atoms. The van der Waals surface area contributed by atoms with Crippen molar-refractivity contribution in [2.45, 2.75) is 19.3 Å². The maximum Gasteiger partial charge on any atom is 0.142 e. The van der Waals surface area contributed by atoms with Crippen LogP contribution in [-0.4, -0.2) is 10.7 Å². The van der Waals surface area contributed by atoms with Crippen LogP contribution in [0.15, 0.2) is 0 Å². The topological polar surface area (TPSA) is 20.2 Å². The minimum absolute atomic E-state index is 0.583. The molecule has 0 spiro atoms. The van der Waals surface area contributed by atoms with Crippen LogP contribution < -0.4 is 0 Å². The number of aliphatic hydroxyl groups is 1. The van der Waals surface area contributed by atoms with Crippen molar-refractivity contribution in [1.82, 2.24) is 0 Å². The minimum Gasteiger partial charge on any atom is -0.504 e. The van der Waals surface area contributed by atoms with Gasteiger partial charge in [0.2, 0.25) is 0 Å². The summed E-state index contributed by atoms with van der Waals surface area (Å²) in [5.74, 6) is 0. The quantitative estimate of drug-likeness (QED) is 0.472. The van der Waals surface area contributed by atoms with Gasteiger partial charge in [-0.2, -0.15) is 0 Å². The normalized spacial score (nSPS) is 14.0. The van der Waals surface area contributed by atoms with Gasteiger partial charge in [0.25, 0.3) is 0 Å². The van der Waals surface area contributed by atoms with Crippen LogP contribution in [0.3, 0.4) is 0 Å². The Balaban J connectivity index is 0.0000000833. The third-order valence-corrected chi connectivity index (χ3v) is 0.354. The molecule has 1 aliphatic carbocycles. The van der Waals surface area contributed by atoms with E-state index in [0.29, 0.717) is 5.55 Å². The Hall–Kier alpha value is -0.110. The van der Waals surface area contributed by atoms with E-state index >= 15 is 0 Å². The molecule has 0 amide bonds. The maximum atomic E-state index is 7.26. The molecule has 0 radical (unpaired) electrons. The fourth-order valence-corrected chi connectivity index (χ4v) is 0. The molecule has 0 aromatic rings. The van der Waals surface area contributed by atoms with E-state index in [0.717, 1.165) is 0 Å². The molecule has 1 rings (SSSR count). The van der Waals surface area contributed by atoms with Gasteiger partial charge in [0.15, 0.2) is 0 Å². The molecular weight excluding hydrogens is 96.1 g/mol. The van der Waals surface area contributed by atoms with Crippen LogP contribution >= 0.6 is 12.2 Å². The minimum atomic E-state index is 0.583. The van der Waals surface area contributed by atoms with E-state index in [1.807, 2.05) is 0 Å². The molecule has 0 aromatic carbocycles. The molecule has 36 valence electrons. The van der Waals surface area contributed by atoms with Crippen LogP contribution in [0.25, 0.3) is 0 Å². The summed E-state index contributed by atoms with van der Waals surface area (Å²) in [5, 5.41) is 7.26. The molecule has 0 aromatic heterocycles. The van der Waals surface area contributed by atoms with Gasteiger partial charge in [0.1, 0.15) is 5.55 Å². The number of aliphatic hydroxyl groups excluding tert-OH is 1. The molecule has 0 bridgehead atoms. The van der Waals surface area contributed by atoms with E-state index in [4.69, 9.17) is 5.11 Å². The molecule has 1 saturated carbocycles. The van der Waals surface area contributed by atoms with Crippen LogP contribution in [-0.2, 0) is 0 Å². The van der Waals surface area contributed by atoms with Gasteiger partial charge in [-0.25, -0.2) is 0 Å². The summed E-state index contributed by atoms with van der Waals surface area (Å²) >= 11 is 3.82.